The van der Waals surface area contributed by atoms with Gasteiger partial charge in [0.05, 0.1) is 24.5 Å². The van der Waals surface area contributed by atoms with E-state index >= 15 is 0 Å². The van der Waals surface area contributed by atoms with Gasteiger partial charge in [-0.2, -0.15) is 0 Å². The Labute approximate surface area is 118 Å². The second-order valence-electron chi connectivity index (χ2n) is 4.84. The molecule has 2 atom stereocenters. The van der Waals surface area contributed by atoms with E-state index < -0.39 is 0 Å². The molecular weight excluding hydrogens is 260 g/mol. The van der Waals surface area contributed by atoms with E-state index in [4.69, 9.17) is 9.47 Å². The topological polar surface area (TPSA) is 35.5 Å². The van der Waals surface area contributed by atoms with E-state index in [0.29, 0.717) is 22.3 Å². The zero-order chi connectivity index (χ0) is 13.8. The maximum absolute atomic E-state index is 12.3. The molecule has 19 heavy (non-hydrogen) atoms. The molecule has 0 amide bonds. The van der Waals surface area contributed by atoms with E-state index in [1.165, 1.54) is 0 Å². The quantitative estimate of drug-likeness (QED) is 0.776. The molecule has 0 bridgehead atoms. The molecule has 0 aliphatic carbocycles. The molecule has 1 fully saturated rings. The molecular formula is C15H20O3S. The first kappa shape index (κ1) is 14.4. The van der Waals surface area contributed by atoms with Crippen LogP contribution in [-0.4, -0.2) is 36.6 Å². The van der Waals surface area contributed by atoms with Gasteiger partial charge in [-0.15, -0.1) is 11.8 Å². The highest BCUT2D eigenvalue weighted by Gasteiger charge is 2.25. The third kappa shape index (κ3) is 3.51. The minimum atomic E-state index is 0.126. The molecule has 0 N–H and O–H groups in total. The minimum Gasteiger partial charge on any atom is -0.496 e. The number of benzene rings is 1. The molecule has 1 aliphatic rings. The highest BCUT2D eigenvalue weighted by Crippen LogP contribution is 2.28. The SMILES string of the molecule is COc1cc(C)ccc1C(=O)CSC1CCOC1C. The van der Waals surface area contributed by atoms with Crippen molar-refractivity contribution >= 4 is 17.5 Å². The van der Waals surface area contributed by atoms with Crippen LogP contribution in [0.3, 0.4) is 0 Å². The average molecular weight is 280 g/mol. The minimum absolute atomic E-state index is 0.126. The normalized spacial score (nSPS) is 22.5. The fraction of sp³-hybridized carbons (Fsp3) is 0.533. The summed E-state index contributed by atoms with van der Waals surface area (Å²) in [5.41, 5.74) is 1.77. The number of carbonyl (C=O) groups excluding carboxylic acids is 1. The van der Waals surface area contributed by atoms with E-state index in [1.54, 1.807) is 18.9 Å². The summed E-state index contributed by atoms with van der Waals surface area (Å²) < 4.78 is 10.8. The first-order valence-corrected chi connectivity index (χ1v) is 7.57. The van der Waals surface area contributed by atoms with Gasteiger partial charge in [-0.1, -0.05) is 6.07 Å². The van der Waals surface area contributed by atoms with Crippen molar-refractivity contribution in [2.75, 3.05) is 19.5 Å². The molecule has 2 rings (SSSR count). The van der Waals surface area contributed by atoms with Crippen molar-refractivity contribution in [3.8, 4) is 5.75 Å². The van der Waals surface area contributed by atoms with Gasteiger partial charge in [0.1, 0.15) is 5.75 Å². The molecule has 0 aromatic heterocycles. The lowest BCUT2D eigenvalue weighted by Crippen LogP contribution is -2.16. The second-order valence-corrected chi connectivity index (χ2v) is 6.07. The maximum atomic E-state index is 12.3. The van der Waals surface area contributed by atoms with Crippen molar-refractivity contribution < 1.29 is 14.3 Å². The number of carbonyl (C=O) groups is 1. The lowest BCUT2D eigenvalue weighted by atomic mass is 10.1. The van der Waals surface area contributed by atoms with Gasteiger partial charge in [0, 0.05) is 11.9 Å². The fourth-order valence-corrected chi connectivity index (χ4v) is 3.35. The fourth-order valence-electron chi connectivity index (χ4n) is 2.22. The van der Waals surface area contributed by atoms with Crippen molar-refractivity contribution in [3.05, 3.63) is 29.3 Å². The number of ketones is 1. The Kier molecular flexibility index (Phi) is 4.88. The number of hydrogen-bond acceptors (Lipinski definition) is 4. The molecule has 2 unspecified atom stereocenters. The highest BCUT2D eigenvalue weighted by molar-refractivity contribution is 8.00. The van der Waals surface area contributed by atoms with Crippen LogP contribution < -0.4 is 4.74 Å². The molecule has 4 heteroatoms. The van der Waals surface area contributed by atoms with Crippen LogP contribution in [0.2, 0.25) is 0 Å². The smallest absolute Gasteiger partial charge is 0.176 e. The number of thioether (sulfide) groups is 1. The Morgan fingerprint density at radius 2 is 2.32 bits per heavy atom. The van der Waals surface area contributed by atoms with Gasteiger partial charge >= 0.3 is 0 Å². The molecule has 1 heterocycles. The summed E-state index contributed by atoms with van der Waals surface area (Å²) in [6, 6.07) is 5.70. The van der Waals surface area contributed by atoms with Gasteiger partial charge < -0.3 is 9.47 Å². The maximum Gasteiger partial charge on any atom is 0.176 e. The number of ether oxygens (including phenoxy) is 2. The van der Waals surface area contributed by atoms with Gasteiger partial charge in [0.15, 0.2) is 5.78 Å². The van der Waals surface area contributed by atoms with E-state index in [-0.39, 0.29) is 11.9 Å². The predicted octanol–water partition coefficient (Wildman–Crippen LogP) is 3.10. The zero-order valence-electron chi connectivity index (χ0n) is 11.6. The molecule has 0 spiro atoms. The second kappa shape index (κ2) is 6.44. The van der Waals surface area contributed by atoms with Gasteiger partial charge in [0.2, 0.25) is 0 Å². The van der Waals surface area contributed by atoms with Crippen LogP contribution in [0.15, 0.2) is 18.2 Å². The van der Waals surface area contributed by atoms with E-state index in [1.807, 2.05) is 25.1 Å². The number of methoxy groups -OCH3 is 1. The number of Topliss-reactive ketones (excluding diaryl/α,β-unsaturated/α-hetero) is 1. The molecule has 104 valence electrons. The molecule has 1 aromatic carbocycles. The van der Waals surface area contributed by atoms with Crippen molar-refractivity contribution in [2.24, 2.45) is 0 Å². The monoisotopic (exact) mass is 280 g/mol. The summed E-state index contributed by atoms with van der Waals surface area (Å²) in [4.78, 5) is 12.3. The molecule has 0 radical (unpaired) electrons. The third-order valence-corrected chi connectivity index (χ3v) is 4.87. The predicted molar refractivity (Wildman–Crippen MR) is 78.3 cm³/mol. The number of rotatable bonds is 5. The van der Waals surface area contributed by atoms with Crippen molar-refractivity contribution in [2.45, 2.75) is 31.6 Å². The highest BCUT2D eigenvalue weighted by atomic mass is 32.2. The van der Waals surface area contributed by atoms with Gasteiger partial charge in [-0.25, -0.2) is 0 Å². The molecule has 1 aromatic rings. The van der Waals surface area contributed by atoms with Crippen LogP contribution in [-0.2, 0) is 4.74 Å². The summed E-state index contributed by atoms with van der Waals surface area (Å²) in [7, 11) is 1.60. The number of aryl methyl sites for hydroxylation is 1. The molecule has 1 saturated heterocycles. The first-order valence-electron chi connectivity index (χ1n) is 6.53. The largest absolute Gasteiger partial charge is 0.496 e. The van der Waals surface area contributed by atoms with Crippen LogP contribution in [0.5, 0.6) is 5.75 Å². The van der Waals surface area contributed by atoms with Crippen molar-refractivity contribution in [1.29, 1.82) is 0 Å². The van der Waals surface area contributed by atoms with Gasteiger partial charge in [-0.3, -0.25) is 4.79 Å². The Morgan fingerprint density at radius 3 is 2.95 bits per heavy atom. The summed E-state index contributed by atoms with van der Waals surface area (Å²) in [6.45, 7) is 4.87. The molecule has 1 aliphatic heterocycles. The Hall–Kier alpha value is -1.00. The lowest BCUT2D eigenvalue weighted by molar-refractivity contribution is 0.101. The first-order chi connectivity index (χ1) is 9.11. The van der Waals surface area contributed by atoms with E-state index in [2.05, 4.69) is 6.92 Å². The van der Waals surface area contributed by atoms with Crippen molar-refractivity contribution in [3.63, 3.8) is 0 Å². The van der Waals surface area contributed by atoms with E-state index in [0.717, 1.165) is 18.6 Å². The van der Waals surface area contributed by atoms with E-state index in [9.17, 15) is 4.79 Å². The Bertz CT molecular complexity index is 459. The van der Waals surface area contributed by atoms with Crippen LogP contribution >= 0.6 is 11.8 Å². The third-order valence-electron chi connectivity index (χ3n) is 3.39. The number of hydrogen-bond donors (Lipinski definition) is 0. The van der Waals surface area contributed by atoms with Crippen LogP contribution in [0.1, 0.15) is 29.3 Å². The average Bonchev–Trinajstić information content (AvgIpc) is 2.81. The van der Waals surface area contributed by atoms with Crippen LogP contribution in [0, 0.1) is 6.92 Å². The van der Waals surface area contributed by atoms with Gasteiger partial charge in [0.25, 0.3) is 0 Å². The summed E-state index contributed by atoms with van der Waals surface area (Å²) in [5.74, 6) is 1.28. The Balaban J connectivity index is 1.99. The zero-order valence-corrected chi connectivity index (χ0v) is 12.5. The summed E-state index contributed by atoms with van der Waals surface area (Å²) in [6.07, 6.45) is 1.28. The van der Waals surface area contributed by atoms with Crippen LogP contribution in [0.25, 0.3) is 0 Å². The van der Waals surface area contributed by atoms with Gasteiger partial charge in [-0.05, 0) is 38.0 Å². The standard InChI is InChI=1S/C15H20O3S/c1-10-4-5-12(14(8-10)17-3)13(16)9-19-15-6-7-18-11(15)2/h4-5,8,11,15H,6-7,9H2,1-3H3. The summed E-state index contributed by atoms with van der Waals surface area (Å²) in [5, 5.41) is 0.431. The molecule has 3 nitrogen and oxygen atoms in total. The van der Waals surface area contributed by atoms with Crippen molar-refractivity contribution in [1.82, 2.24) is 0 Å². The molecule has 0 saturated carbocycles. The Morgan fingerprint density at radius 1 is 1.53 bits per heavy atom. The summed E-state index contributed by atoms with van der Waals surface area (Å²) >= 11 is 1.69. The van der Waals surface area contributed by atoms with Crippen LogP contribution in [0.4, 0.5) is 0 Å². The lowest BCUT2D eigenvalue weighted by Gasteiger charge is -2.13.